The number of aryl methyl sites for hydroxylation is 2. The minimum atomic E-state index is -0.379. The first kappa shape index (κ1) is 19.1. The van der Waals surface area contributed by atoms with E-state index in [1.54, 1.807) is 23.1 Å². The second kappa shape index (κ2) is 7.92. The monoisotopic (exact) mass is 385 g/mol. The molecular weight excluding hydrogens is 362 g/mol. The van der Waals surface area contributed by atoms with Gasteiger partial charge in [-0.15, -0.1) is 11.3 Å². The smallest absolute Gasteiger partial charge is 0.279 e. The Balaban J connectivity index is 1.65. The highest BCUT2D eigenvalue weighted by Crippen LogP contribution is 2.29. The molecule has 7 heteroatoms. The van der Waals surface area contributed by atoms with Crippen molar-refractivity contribution in [2.75, 3.05) is 11.4 Å². The SMILES string of the molecule is CCC(=O)N1CCc2cc(C(=O)NNC(=O)c3cc(C)c(CC)s3)ccc21. The Morgan fingerprint density at radius 2 is 1.85 bits per heavy atom. The molecule has 0 radical (unpaired) electrons. The molecule has 142 valence electrons. The van der Waals surface area contributed by atoms with Crippen LogP contribution in [0.25, 0.3) is 0 Å². The minimum Gasteiger partial charge on any atom is -0.312 e. The van der Waals surface area contributed by atoms with E-state index in [-0.39, 0.29) is 17.7 Å². The summed E-state index contributed by atoms with van der Waals surface area (Å²) >= 11 is 1.44. The van der Waals surface area contributed by atoms with Crippen LogP contribution >= 0.6 is 11.3 Å². The van der Waals surface area contributed by atoms with E-state index in [0.29, 0.717) is 23.4 Å². The third-order valence-electron chi connectivity index (χ3n) is 4.70. The lowest BCUT2D eigenvalue weighted by molar-refractivity contribution is -0.118. The number of hydrazine groups is 1. The van der Waals surface area contributed by atoms with Crippen LogP contribution in [0, 0.1) is 6.92 Å². The average Bonchev–Trinajstić information content (AvgIpc) is 3.27. The molecule has 0 spiro atoms. The molecule has 3 rings (SSSR count). The number of rotatable bonds is 4. The van der Waals surface area contributed by atoms with Crippen LogP contribution in [0.4, 0.5) is 5.69 Å². The molecule has 1 aromatic carbocycles. The van der Waals surface area contributed by atoms with E-state index in [0.717, 1.165) is 34.5 Å². The Bertz CT molecular complexity index is 904. The number of nitrogens with one attached hydrogen (secondary N) is 2. The molecule has 2 heterocycles. The van der Waals surface area contributed by atoms with Gasteiger partial charge in [-0.2, -0.15) is 0 Å². The van der Waals surface area contributed by atoms with E-state index in [1.165, 1.54) is 11.3 Å². The molecule has 0 unspecified atom stereocenters. The van der Waals surface area contributed by atoms with E-state index < -0.39 is 0 Å². The lowest BCUT2D eigenvalue weighted by Crippen LogP contribution is -2.41. The van der Waals surface area contributed by atoms with Crippen molar-refractivity contribution in [2.45, 2.75) is 40.0 Å². The highest BCUT2D eigenvalue weighted by atomic mass is 32.1. The number of thiophene rings is 1. The Morgan fingerprint density at radius 3 is 2.52 bits per heavy atom. The topological polar surface area (TPSA) is 78.5 Å². The van der Waals surface area contributed by atoms with E-state index in [4.69, 9.17) is 0 Å². The molecule has 2 N–H and O–H groups in total. The number of hydrogen-bond donors (Lipinski definition) is 2. The van der Waals surface area contributed by atoms with Crippen molar-refractivity contribution in [1.82, 2.24) is 10.9 Å². The zero-order valence-electron chi connectivity index (χ0n) is 15.7. The maximum atomic E-state index is 12.4. The van der Waals surface area contributed by atoms with Gasteiger partial charge in [0.1, 0.15) is 0 Å². The number of nitrogens with zero attached hydrogens (tertiary/aromatic N) is 1. The molecular formula is C20H23N3O3S. The number of anilines is 1. The normalized spacial score (nSPS) is 12.6. The molecule has 2 aromatic rings. The van der Waals surface area contributed by atoms with Crippen molar-refractivity contribution in [3.8, 4) is 0 Å². The summed E-state index contributed by atoms with van der Waals surface area (Å²) in [6, 6.07) is 7.08. The van der Waals surface area contributed by atoms with E-state index in [9.17, 15) is 14.4 Å². The Labute approximate surface area is 162 Å². The van der Waals surface area contributed by atoms with Crippen LogP contribution < -0.4 is 15.8 Å². The molecule has 1 aliphatic heterocycles. The van der Waals surface area contributed by atoms with Gasteiger partial charge in [0.05, 0.1) is 4.88 Å². The summed E-state index contributed by atoms with van der Waals surface area (Å²) in [5.74, 6) is -0.622. The molecule has 0 saturated carbocycles. The van der Waals surface area contributed by atoms with Crippen molar-refractivity contribution >= 4 is 34.7 Å². The average molecular weight is 385 g/mol. The number of fused-ring (bicyclic) bond motifs is 1. The molecule has 27 heavy (non-hydrogen) atoms. The first-order chi connectivity index (χ1) is 12.9. The van der Waals surface area contributed by atoms with Gasteiger partial charge in [0.15, 0.2) is 0 Å². The van der Waals surface area contributed by atoms with Gasteiger partial charge in [0.2, 0.25) is 5.91 Å². The van der Waals surface area contributed by atoms with E-state index >= 15 is 0 Å². The van der Waals surface area contributed by atoms with E-state index in [1.807, 2.05) is 26.8 Å². The maximum absolute atomic E-state index is 12.4. The summed E-state index contributed by atoms with van der Waals surface area (Å²) in [5.41, 5.74) is 8.32. The van der Waals surface area contributed by atoms with Gasteiger partial charge in [-0.25, -0.2) is 0 Å². The van der Waals surface area contributed by atoms with Gasteiger partial charge in [-0.05, 0) is 55.2 Å². The Kier molecular flexibility index (Phi) is 5.60. The fraction of sp³-hybridized carbons (Fsp3) is 0.350. The quantitative estimate of drug-likeness (QED) is 0.794. The van der Waals surface area contributed by atoms with Crippen molar-refractivity contribution in [3.05, 3.63) is 50.7 Å². The third kappa shape index (κ3) is 3.88. The summed E-state index contributed by atoms with van der Waals surface area (Å²) in [5, 5.41) is 0. The van der Waals surface area contributed by atoms with Crippen molar-refractivity contribution in [2.24, 2.45) is 0 Å². The summed E-state index contributed by atoms with van der Waals surface area (Å²) in [4.78, 5) is 40.1. The summed E-state index contributed by atoms with van der Waals surface area (Å²) in [6.45, 7) is 6.50. The number of carbonyl (C=O) groups excluding carboxylic acids is 3. The summed E-state index contributed by atoms with van der Waals surface area (Å²) < 4.78 is 0. The van der Waals surface area contributed by atoms with Gasteiger partial charge in [0, 0.05) is 29.1 Å². The first-order valence-electron chi connectivity index (χ1n) is 9.07. The molecule has 0 bridgehead atoms. The van der Waals surface area contributed by atoms with Crippen molar-refractivity contribution < 1.29 is 14.4 Å². The van der Waals surface area contributed by atoms with Gasteiger partial charge >= 0.3 is 0 Å². The van der Waals surface area contributed by atoms with Gasteiger partial charge in [0.25, 0.3) is 11.8 Å². The van der Waals surface area contributed by atoms with Crippen LogP contribution in [0.3, 0.4) is 0 Å². The molecule has 1 aliphatic rings. The highest BCUT2D eigenvalue weighted by molar-refractivity contribution is 7.14. The number of hydrogen-bond acceptors (Lipinski definition) is 4. The zero-order chi connectivity index (χ0) is 19.6. The Hall–Kier alpha value is -2.67. The molecule has 6 nitrogen and oxygen atoms in total. The fourth-order valence-corrected chi connectivity index (χ4v) is 4.23. The number of benzene rings is 1. The van der Waals surface area contributed by atoms with Crippen molar-refractivity contribution in [3.63, 3.8) is 0 Å². The lowest BCUT2D eigenvalue weighted by Gasteiger charge is -2.16. The predicted molar refractivity (Wildman–Crippen MR) is 106 cm³/mol. The lowest BCUT2D eigenvalue weighted by atomic mass is 10.1. The second-order valence-electron chi connectivity index (χ2n) is 6.47. The highest BCUT2D eigenvalue weighted by Gasteiger charge is 2.24. The van der Waals surface area contributed by atoms with Crippen LogP contribution in [0.15, 0.2) is 24.3 Å². The molecule has 0 aliphatic carbocycles. The fourth-order valence-electron chi connectivity index (χ4n) is 3.22. The van der Waals surface area contributed by atoms with Crippen LogP contribution in [0.1, 0.15) is 56.3 Å². The molecule has 0 atom stereocenters. The Morgan fingerprint density at radius 1 is 1.11 bits per heavy atom. The van der Waals surface area contributed by atoms with Gasteiger partial charge < -0.3 is 4.90 Å². The van der Waals surface area contributed by atoms with Crippen LogP contribution in [-0.4, -0.2) is 24.3 Å². The largest absolute Gasteiger partial charge is 0.312 e. The standard InChI is InChI=1S/C20H23N3O3S/c1-4-16-12(3)10-17(27-16)20(26)22-21-19(25)14-6-7-15-13(11-14)8-9-23(15)18(24)5-2/h6-7,10-11H,4-5,8-9H2,1-3H3,(H,21,25)(H,22,26). The molecule has 0 saturated heterocycles. The summed E-state index contributed by atoms with van der Waals surface area (Å²) in [6.07, 6.45) is 2.06. The van der Waals surface area contributed by atoms with E-state index in [2.05, 4.69) is 10.9 Å². The number of amides is 3. The first-order valence-corrected chi connectivity index (χ1v) is 9.89. The summed E-state index contributed by atoms with van der Waals surface area (Å²) in [7, 11) is 0. The van der Waals surface area contributed by atoms with Crippen LogP contribution in [0.2, 0.25) is 0 Å². The molecule has 3 amide bonds. The van der Waals surface area contributed by atoms with Crippen LogP contribution in [-0.2, 0) is 17.6 Å². The zero-order valence-corrected chi connectivity index (χ0v) is 16.5. The minimum absolute atomic E-state index is 0.0795. The van der Waals surface area contributed by atoms with Crippen molar-refractivity contribution in [1.29, 1.82) is 0 Å². The molecule has 0 fully saturated rings. The third-order valence-corrected chi connectivity index (χ3v) is 6.08. The predicted octanol–water partition coefficient (Wildman–Crippen LogP) is 2.99. The van der Waals surface area contributed by atoms with Crippen LogP contribution in [0.5, 0.6) is 0 Å². The van der Waals surface area contributed by atoms with Gasteiger partial charge in [-0.3, -0.25) is 25.2 Å². The number of carbonyl (C=O) groups is 3. The van der Waals surface area contributed by atoms with Gasteiger partial charge in [-0.1, -0.05) is 13.8 Å². The maximum Gasteiger partial charge on any atom is 0.279 e. The molecule has 1 aromatic heterocycles. The second-order valence-corrected chi connectivity index (χ2v) is 7.61.